The molecule has 0 atom stereocenters. The van der Waals surface area contributed by atoms with Gasteiger partial charge in [-0.2, -0.15) is 0 Å². The zero-order chi connectivity index (χ0) is 20.8. The molecular formula is C22H24N6O2. The van der Waals surface area contributed by atoms with Crippen LogP contribution in [0.1, 0.15) is 0 Å². The van der Waals surface area contributed by atoms with Gasteiger partial charge in [-0.3, -0.25) is 0 Å². The molecule has 1 saturated heterocycles. The molecule has 2 heterocycles. The maximum absolute atomic E-state index is 12.2. The third kappa shape index (κ3) is 4.78. The number of nitrogens with zero attached hydrogens (tertiary/aromatic N) is 4. The van der Waals surface area contributed by atoms with E-state index >= 15 is 0 Å². The Bertz CT molecular complexity index is 955. The molecule has 2 amide bonds. The first-order valence-electron chi connectivity index (χ1n) is 9.80. The topological polar surface area (TPSA) is 82.6 Å². The Hall–Kier alpha value is -3.81. The van der Waals surface area contributed by atoms with E-state index in [1.165, 1.54) is 5.69 Å². The Morgan fingerprint density at radius 2 is 1.43 bits per heavy atom. The van der Waals surface area contributed by atoms with E-state index in [0.717, 1.165) is 31.9 Å². The van der Waals surface area contributed by atoms with Gasteiger partial charge >= 0.3 is 6.03 Å². The van der Waals surface area contributed by atoms with Crippen LogP contribution in [0.3, 0.4) is 0 Å². The summed E-state index contributed by atoms with van der Waals surface area (Å²) in [5.74, 6) is 1.40. The summed E-state index contributed by atoms with van der Waals surface area (Å²) in [5, 5.41) is 5.51. The van der Waals surface area contributed by atoms with Crippen LogP contribution in [0.25, 0.3) is 0 Å². The summed E-state index contributed by atoms with van der Waals surface area (Å²) in [6.45, 7) is 3.52. The second-order valence-electron chi connectivity index (χ2n) is 6.89. The molecule has 154 valence electrons. The Labute approximate surface area is 175 Å². The number of hydrogen-bond donors (Lipinski definition) is 2. The lowest BCUT2D eigenvalue weighted by Gasteiger charge is -2.36. The fourth-order valence-corrected chi connectivity index (χ4v) is 3.32. The van der Waals surface area contributed by atoms with Crippen LogP contribution in [0.4, 0.5) is 27.8 Å². The molecule has 1 aliphatic rings. The molecule has 30 heavy (non-hydrogen) atoms. The fourth-order valence-electron chi connectivity index (χ4n) is 3.32. The molecule has 3 aromatic rings. The first-order chi connectivity index (χ1) is 14.7. The van der Waals surface area contributed by atoms with Crippen molar-refractivity contribution >= 4 is 29.0 Å². The zero-order valence-electron chi connectivity index (χ0n) is 16.8. The highest BCUT2D eigenvalue weighted by Gasteiger charge is 2.19. The predicted molar refractivity (Wildman–Crippen MR) is 119 cm³/mol. The average molecular weight is 404 g/mol. The van der Waals surface area contributed by atoms with Gasteiger partial charge in [-0.25, -0.2) is 14.8 Å². The number of rotatable bonds is 5. The SMILES string of the molecule is COc1ccc(NC(=O)Nc2cnc(N3CCN(c4ccccc4)CC3)nc2)cc1. The summed E-state index contributed by atoms with van der Waals surface area (Å²) in [5.41, 5.74) is 2.44. The summed E-state index contributed by atoms with van der Waals surface area (Å²) >= 11 is 0. The number of benzene rings is 2. The molecule has 8 heteroatoms. The minimum Gasteiger partial charge on any atom is -0.497 e. The van der Waals surface area contributed by atoms with Crippen molar-refractivity contribution < 1.29 is 9.53 Å². The minimum absolute atomic E-state index is 0.354. The molecule has 1 aromatic heterocycles. The number of methoxy groups -OCH3 is 1. The maximum Gasteiger partial charge on any atom is 0.323 e. The summed E-state index contributed by atoms with van der Waals surface area (Å²) in [7, 11) is 1.60. The van der Waals surface area contributed by atoms with Crippen molar-refractivity contribution in [3.05, 3.63) is 67.0 Å². The van der Waals surface area contributed by atoms with Gasteiger partial charge in [0.15, 0.2) is 0 Å². The predicted octanol–water partition coefficient (Wildman–Crippen LogP) is 3.46. The molecular weight excluding hydrogens is 380 g/mol. The number of ether oxygens (including phenoxy) is 1. The molecule has 1 aliphatic heterocycles. The highest BCUT2D eigenvalue weighted by molar-refractivity contribution is 5.99. The van der Waals surface area contributed by atoms with E-state index in [-0.39, 0.29) is 6.03 Å². The number of piperazine rings is 1. The Morgan fingerprint density at radius 3 is 2.07 bits per heavy atom. The third-order valence-corrected chi connectivity index (χ3v) is 4.93. The summed E-state index contributed by atoms with van der Waals surface area (Å²) < 4.78 is 5.11. The second-order valence-corrected chi connectivity index (χ2v) is 6.89. The Balaban J connectivity index is 1.29. The molecule has 0 aliphatic carbocycles. The fraction of sp³-hybridized carbons (Fsp3) is 0.227. The molecule has 0 saturated carbocycles. The second kappa shape index (κ2) is 9.13. The summed E-state index contributed by atoms with van der Waals surface area (Å²) in [4.78, 5) is 25.5. The van der Waals surface area contributed by atoms with E-state index in [9.17, 15) is 4.79 Å². The van der Waals surface area contributed by atoms with Gasteiger partial charge in [0, 0.05) is 37.6 Å². The highest BCUT2D eigenvalue weighted by atomic mass is 16.5. The number of carbonyl (C=O) groups is 1. The lowest BCUT2D eigenvalue weighted by atomic mass is 10.2. The standard InChI is InChI=1S/C22H24N6O2/c1-30-20-9-7-17(8-10-20)25-22(29)26-18-15-23-21(24-16-18)28-13-11-27(12-14-28)19-5-3-2-4-6-19/h2-10,15-16H,11-14H2,1H3,(H2,25,26,29). The quantitative estimate of drug-likeness (QED) is 0.678. The molecule has 0 spiro atoms. The van der Waals surface area contributed by atoms with E-state index in [1.54, 1.807) is 43.8 Å². The van der Waals surface area contributed by atoms with Crippen molar-refractivity contribution in [3.63, 3.8) is 0 Å². The number of amides is 2. The largest absolute Gasteiger partial charge is 0.497 e. The lowest BCUT2D eigenvalue weighted by Crippen LogP contribution is -2.47. The lowest BCUT2D eigenvalue weighted by molar-refractivity contribution is 0.262. The third-order valence-electron chi connectivity index (χ3n) is 4.93. The number of nitrogens with one attached hydrogen (secondary N) is 2. The van der Waals surface area contributed by atoms with Crippen molar-refractivity contribution in [1.82, 2.24) is 9.97 Å². The van der Waals surface area contributed by atoms with Crippen LogP contribution in [0, 0.1) is 0 Å². The van der Waals surface area contributed by atoms with Crippen LogP contribution < -0.4 is 25.2 Å². The highest BCUT2D eigenvalue weighted by Crippen LogP contribution is 2.19. The van der Waals surface area contributed by atoms with Crippen LogP contribution in [0.2, 0.25) is 0 Å². The van der Waals surface area contributed by atoms with Gasteiger partial charge in [0.05, 0.1) is 25.2 Å². The Kier molecular flexibility index (Phi) is 5.93. The van der Waals surface area contributed by atoms with E-state index in [4.69, 9.17) is 4.74 Å². The first kappa shape index (κ1) is 19.5. The molecule has 8 nitrogen and oxygen atoms in total. The van der Waals surface area contributed by atoms with E-state index in [0.29, 0.717) is 17.3 Å². The van der Waals surface area contributed by atoms with Crippen LogP contribution in [0.15, 0.2) is 67.0 Å². The van der Waals surface area contributed by atoms with E-state index in [1.807, 2.05) is 6.07 Å². The summed E-state index contributed by atoms with van der Waals surface area (Å²) in [6.07, 6.45) is 3.25. The summed E-state index contributed by atoms with van der Waals surface area (Å²) in [6, 6.07) is 17.2. The monoisotopic (exact) mass is 404 g/mol. The number of aromatic nitrogens is 2. The molecule has 2 N–H and O–H groups in total. The van der Waals surface area contributed by atoms with Crippen molar-refractivity contribution in [3.8, 4) is 5.75 Å². The van der Waals surface area contributed by atoms with Gasteiger partial charge in [0.1, 0.15) is 5.75 Å². The minimum atomic E-state index is -0.354. The van der Waals surface area contributed by atoms with Crippen LogP contribution in [0.5, 0.6) is 5.75 Å². The van der Waals surface area contributed by atoms with Crippen molar-refractivity contribution in [2.45, 2.75) is 0 Å². The van der Waals surface area contributed by atoms with E-state index < -0.39 is 0 Å². The van der Waals surface area contributed by atoms with Gasteiger partial charge in [0.2, 0.25) is 5.95 Å². The number of hydrogen-bond acceptors (Lipinski definition) is 6. The normalized spacial score (nSPS) is 13.6. The number of para-hydroxylation sites is 1. The van der Waals surface area contributed by atoms with Gasteiger partial charge in [-0.1, -0.05) is 18.2 Å². The van der Waals surface area contributed by atoms with Crippen molar-refractivity contribution in [2.75, 3.05) is 53.7 Å². The molecule has 4 rings (SSSR count). The molecule has 0 bridgehead atoms. The van der Waals surface area contributed by atoms with Crippen LogP contribution in [-0.4, -0.2) is 49.3 Å². The number of carbonyl (C=O) groups excluding carboxylic acids is 1. The van der Waals surface area contributed by atoms with E-state index in [2.05, 4.69) is 54.7 Å². The maximum atomic E-state index is 12.2. The molecule has 0 radical (unpaired) electrons. The van der Waals surface area contributed by atoms with Gasteiger partial charge in [-0.05, 0) is 36.4 Å². The van der Waals surface area contributed by atoms with Gasteiger partial charge in [-0.15, -0.1) is 0 Å². The van der Waals surface area contributed by atoms with Crippen LogP contribution in [-0.2, 0) is 0 Å². The first-order valence-corrected chi connectivity index (χ1v) is 9.80. The van der Waals surface area contributed by atoms with Crippen molar-refractivity contribution in [2.24, 2.45) is 0 Å². The number of urea groups is 1. The molecule has 1 fully saturated rings. The van der Waals surface area contributed by atoms with Gasteiger partial charge < -0.3 is 25.2 Å². The Morgan fingerprint density at radius 1 is 0.833 bits per heavy atom. The van der Waals surface area contributed by atoms with Gasteiger partial charge in [0.25, 0.3) is 0 Å². The van der Waals surface area contributed by atoms with Crippen LogP contribution >= 0.6 is 0 Å². The average Bonchev–Trinajstić information content (AvgIpc) is 2.81. The smallest absolute Gasteiger partial charge is 0.323 e. The van der Waals surface area contributed by atoms with Crippen molar-refractivity contribution in [1.29, 1.82) is 0 Å². The zero-order valence-corrected chi connectivity index (χ0v) is 16.8. The number of anilines is 4. The molecule has 0 unspecified atom stereocenters. The molecule has 2 aromatic carbocycles.